The monoisotopic (exact) mass is 531 g/mol. The maximum Gasteiger partial charge on any atom is 0.251 e. The smallest absolute Gasteiger partial charge is 0.251 e. The van der Waals surface area contributed by atoms with E-state index in [0.29, 0.717) is 49.1 Å². The van der Waals surface area contributed by atoms with Crippen LogP contribution in [0.3, 0.4) is 0 Å². The number of benzene rings is 2. The Morgan fingerprint density at radius 3 is 2.49 bits per heavy atom. The fourth-order valence-corrected chi connectivity index (χ4v) is 5.90. The van der Waals surface area contributed by atoms with E-state index in [0.717, 1.165) is 43.5 Å². The lowest BCUT2D eigenvalue weighted by molar-refractivity contribution is -0.134. The Hall–Kier alpha value is -3.63. The van der Waals surface area contributed by atoms with Gasteiger partial charge in [0.05, 0.1) is 18.1 Å². The van der Waals surface area contributed by atoms with Crippen LogP contribution in [-0.2, 0) is 4.79 Å². The second-order valence-corrected chi connectivity index (χ2v) is 10.9. The zero-order chi connectivity index (χ0) is 26.8. The lowest BCUT2D eigenvalue weighted by Crippen LogP contribution is -2.57. The molecule has 2 aromatic carbocycles. The van der Waals surface area contributed by atoms with Gasteiger partial charge in [-0.25, -0.2) is 9.07 Å². The van der Waals surface area contributed by atoms with Crippen LogP contribution in [0.15, 0.2) is 60.9 Å². The van der Waals surface area contributed by atoms with E-state index in [9.17, 15) is 14.0 Å². The molecule has 3 heterocycles. The molecule has 1 aromatic heterocycles. The predicted octanol–water partition coefficient (Wildman–Crippen LogP) is 2.39. The Morgan fingerprint density at radius 1 is 1.05 bits per heavy atom. The molecule has 2 aliphatic heterocycles. The first-order chi connectivity index (χ1) is 19.0. The Balaban J connectivity index is 1.06. The number of hydrogen-bond donors (Lipinski definition) is 3. The Bertz CT molecular complexity index is 1270. The first-order valence-corrected chi connectivity index (χ1v) is 13.8. The minimum Gasteiger partial charge on any atom is -0.340 e. The summed E-state index contributed by atoms with van der Waals surface area (Å²) in [5, 5.41) is 18.0. The molecular weight excluding hydrogens is 497 g/mol. The van der Waals surface area contributed by atoms with Gasteiger partial charge in [0.1, 0.15) is 11.9 Å². The third-order valence-corrected chi connectivity index (χ3v) is 8.11. The summed E-state index contributed by atoms with van der Waals surface area (Å²) in [5.41, 5.74) is 2.45. The number of nitrogens with zero attached hydrogens (tertiary/aromatic N) is 4. The fraction of sp³-hybridized carbons (Fsp3) is 0.448. The highest BCUT2D eigenvalue weighted by atomic mass is 19.1. The normalized spacial score (nSPS) is 24.4. The highest BCUT2D eigenvalue weighted by Crippen LogP contribution is 2.40. The van der Waals surface area contributed by atoms with Crippen molar-refractivity contribution in [3.05, 3.63) is 77.9 Å². The molecule has 204 valence electrons. The molecule has 5 atom stereocenters. The van der Waals surface area contributed by atoms with Crippen molar-refractivity contribution < 1.29 is 14.0 Å². The van der Waals surface area contributed by atoms with Gasteiger partial charge in [-0.2, -0.15) is 0 Å². The number of piperazine rings is 1. The number of halogens is 1. The molecule has 2 amide bonds. The molecule has 2 saturated heterocycles. The summed E-state index contributed by atoms with van der Waals surface area (Å²) < 4.78 is 14.9. The van der Waals surface area contributed by atoms with Crippen molar-refractivity contribution in [1.29, 1.82) is 0 Å². The molecule has 2 bridgehead atoms. The average Bonchev–Trinajstić information content (AvgIpc) is 3.34. The first kappa shape index (κ1) is 25.6. The number of fused-ring (bicyclic) bond motifs is 2. The molecule has 1 aliphatic carbocycles. The van der Waals surface area contributed by atoms with Crippen molar-refractivity contribution in [2.24, 2.45) is 0 Å². The van der Waals surface area contributed by atoms with Crippen LogP contribution in [0.1, 0.15) is 53.9 Å². The molecule has 39 heavy (non-hydrogen) atoms. The van der Waals surface area contributed by atoms with Crippen molar-refractivity contribution in [2.45, 2.75) is 62.2 Å². The van der Waals surface area contributed by atoms with Crippen molar-refractivity contribution in [2.75, 3.05) is 19.6 Å². The van der Waals surface area contributed by atoms with Crippen molar-refractivity contribution >= 4 is 11.8 Å². The van der Waals surface area contributed by atoms with Crippen LogP contribution < -0.4 is 16.0 Å². The van der Waals surface area contributed by atoms with Crippen LogP contribution in [0, 0.1) is 5.82 Å². The number of carbonyl (C=O) groups excluding carboxylic acids is 2. The lowest BCUT2D eigenvalue weighted by Gasteiger charge is -2.35. The third-order valence-electron chi connectivity index (χ3n) is 8.11. The topological polar surface area (TPSA) is 104 Å². The van der Waals surface area contributed by atoms with Crippen molar-refractivity contribution in [1.82, 2.24) is 35.8 Å². The van der Waals surface area contributed by atoms with Crippen LogP contribution in [0.5, 0.6) is 0 Å². The standard InChI is InChI=1S/C29H34FN7O2/c30-21-7-3-19(4-8-21)25-16-27(25)31-13-1-2-26(29(39)36-17-22-9-10-23(18-36)33-22)34-28(38)20-5-11-24(12-6-20)37-15-14-32-35-37/h3-8,11-12,14-15,22-23,25-27,31,33H,1-2,9-10,13,16-18H2,(H,34,38)/t22?,23?,25-,26-,27+/m0/s1. The molecule has 3 fully saturated rings. The second kappa shape index (κ2) is 11.2. The van der Waals surface area contributed by atoms with Gasteiger partial charge in [0.15, 0.2) is 0 Å². The quantitative estimate of drug-likeness (QED) is 0.347. The van der Waals surface area contributed by atoms with Gasteiger partial charge in [-0.3, -0.25) is 9.59 Å². The fourth-order valence-electron chi connectivity index (χ4n) is 5.90. The number of amides is 2. The zero-order valence-corrected chi connectivity index (χ0v) is 21.8. The molecule has 3 N–H and O–H groups in total. The van der Waals surface area contributed by atoms with Crippen LogP contribution in [0.4, 0.5) is 4.39 Å². The highest BCUT2D eigenvalue weighted by Gasteiger charge is 2.38. The van der Waals surface area contributed by atoms with E-state index in [-0.39, 0.29) is 17.6 Å². The largest absolute Gasteiger partial charge is 0.340 e. The van der Waals surface area contributed by atoms with Crippen molar-refractivity contribution in [3.63, 3.8) is 0 Å². The van der Waals surface area contributed by atoms with Crippen LogP contribution in [-0.4, -0.2) is 75.5 Å². The van der Waals surface area contributed by atoms with Crippen LogP contribution in [0.25, 0.3) is 5.69 Å². The van der Waals surface area contributed by atoms with Crippen molar-refractivity contribution in [3.8, 4) is 5.69 Å². The number of carbonyl (C=O) groups is 2. The summed E-state index contributed by atoms with van der Waals surface area (Å²) >= 11 is 0. The van der Waals surface area contributed by atoms with Gasteiger partial charge < -0.3 is 20.9 Å². The van der Waals surface area contributed by atoms with Gasteiger partial charge in [-0.15, -0.1) is 5.10 Å². The minimum atomic E-state index is -0.584. The molecule has 9 nitrogen and oxygen atoms in total. The summed E-state index contributed by atoms with van der Waals surface area (Å²) in [6, 6.07) is 14.3. The molecule has 10 heteroatoms. The van der Waals surface area contributed by atoms with E-state index in [1.165, 1.54) is 12.1 Å². The predicted molar refractivity (Wildman–Crippen MR) is 144 cm³/mol. The lowest BCUT2D eigenvalue weighted by atomic mass is 10.1. The van der Waals surface area contributed by atoms with E-state index in [2.05, 4.69) is 26.3 Å². The molecule has 0 spiro atoms. The molecule has 2 unspecified atom stereocenters. The maximum absolute atomic E-state index is 13.6. The van der Waals surface area contributed by atoms with Gasteiger partial charge in [0.2, 0.25) is 5.91 Å². The van der Waals surface area contributed by atoms with Gasteiger partial charge >= 0.3 is 0 Å². The summed E-state index contributed by atoms with van der Waals surface area (Å²) in [4.78, 5) is 28.7. The molecule has 6 rings (SSSR count). The Morgan fingerprint density at radius 2 is 1.79 bits per heavy atom. The zero-order valence-electron chi connectivity index (χ0n) is 21.8. The van der Waals surface area contributed by atoms with Gasteiger partial charge in [0, 0.05) is 42.7 Å². The van der Waals surface area contributed by atoms with Crippen LogP contribution >= 0.6 is 0 Å². The van der Waals surface area contributed by atoms with E-state index in [1.807, 2.05) is 29.2 Å². The van der Waals surface area contributed by atoms with Gasteiger partial charge in [-0.05, 0) is 80.6 Å². The second-order valence-electron chi connectivity index (χ2n) is 10.9. The molecule has 3 aliphatic rings. The summed E-state index contributed by atoms with van der Waals surface area (Å²) in [7, 11) is 0. The maximum atomic E-state index is 13.6. The molecule has 3 aromatic rings. The number of hydrogen-bond acceptors (Lipinski definition) is 6. The highest BCUT2D eigenvalue weighted by molar-refractivity contribution is 5.97. The number of nitrogens with one attached hydrogen (secondary N) is 3. The molecule has 1 saturated carbocycles. The van der Waals surface area contributed by atoms with E-state index in [4.69, 9.17) is 0 Å². The average molecular weight is 532 g/mol. The van der Waals surface area contributed by atoms with E-state index in [1.54, 1.807) is 29.2 Å². The van der Waals surface area contributed by atoms with E-state index < -0.39 is 6.04 Å². The number of aromatic nitrogens is 3. The summed E-state index contributed by atoms with van der Waals surface area (Å²) in [5.74, 6) is -0.0791. The minimum absolute atomic E-state index is 0.00315. The van der Waals surface area contributed by atoms with Gasteiger partial charge in [0.25, 0.3) is 5.91 Å². The molecular formula is C29H34FN7O2. The number of likely N-dealkylation sites (tertiary alicyclic amines) is 1. The third kappa shape index (κ3) is 6.02. The number of rotatable bonds is 10. The first-order valence-electron chi connectivity index (χ1n) is 13.8. The van der Waals surface area contributed by atoms with Crippen LogP contribution in [0.2, 0.25) is 0 Å². The Kier molecular flexibility index (Phi) is 7.38. The summed E-state index contributed by atoms with van der Waals surface area (Å²) in [6.45, 7) is 2.13. The SMILES string of the molecule is O=C(N[C@@H](CCCN[C@@H]1C[C@H]1c1ccc(F)cc1)C(=O)N1CC2CCC(C1)N2)c1ccc(-n2ccnn2)cc1. The Labute approximate surface area is 227 Å². The molecule has 0 radical (unpaired) electrons. The van der Waals surface area contributed by atoms with Gasteiger partial charge in [-0.1, -0.05) is 17.3 Å². The van der Waals surface area contributed by atoms with E-state index >= 15 is 0 Å². The summed E-state index contributed by atoms with van der Waals surface area (Å²) in [6.07, 6.45) is 7.85.